The highest BCUT2D eigenvalue weighted by molar-refractivity contribution is 5.93. The zero-order valence-electron chi connectivity index (χ0n) is 13.4. The number of hydrogen-bond acceptors (Lipinski definition) is 7. The molecular weight excluding hydrogens is 310 g/mol. The fourth-order valence-electron chi connectivity index (χ4n) is 2.86. The van der Waals surface area contributed by atoms with Crippen molar-refractivity contribution in [1.82, 2.24) is 20.0 Å². The normalized spacial score (nSPS) is 20.6. The summed E-state index contributed by atoms with van der Waals surface area (Å²) in [4.78, 5) is 11.4. The lowest BCUT2D eigenvalue weighted by Gasteiger charge is -2.29. The Kier molecular flexibility index (Phi) is 4.61. The summed E-state index contributed by atoms with van der Waals surface area (Å²) in [6, 6.07) is 3.56. The highest BCUT2D eigenvalue weighted by Gasteiger charge is 2.23. The second-order valence-corrected chi connectivity index (χ2v) is 6.00. The van der Waals surface area contributed by atoms with Crippen LogP contribution in [0.15, 0.2) is 18.3 Å². The van der Waals surface area contributed by atoms with Gasteiger partial charge in [-0.15, -0.1) is 10.2 Å². The van der Waals surface area contributed by atoms with Gasteiger partial charge in [-0.3, -0.25) is 4.68 Å². The molecule has 24 heavy (non-hydrogen) atoms. The van der Waals surface area contributed by atoms with E-state index < -0.39 is 5.97 Å². The Morgan fingerprint density at radius 3 is 2.79 bits per heavy atom. The molecule has 2 aromatic heterocycles. The number of carboxylic acids is 1. The molecular formula is C15H21N7O2. The minimum absolute atomic E-state index is 0.0619. The molecule has 3 rings (SSSR count). The molecule has 128 valence electrons. The van der Waals surface area contributed by atoms with Gasteiger partial charge in [-0.1, -0.05) is 12.8 Å². The quantitative estimate of drug-likeness (QED) is 0.645. The first-order valence-electron chi connectivity index (χ1n) is 7.93. The van der Waals surface area contributed by atoms with Crippen molar-refractivity contribution in [3.05, 3.63) is 24.0 Å². The summed E-state index contributed by atoms with van der Waals surface area (Å²) in [6.45, 7) is 0. The van der Waals surface area contributed by atoms with Crippen molar-refractivity contribution >= 4 is 23.3 Å². The topological polar surface area (TPSA) is 131 Å². The third-order valence-corrected chi connectivity index (χ3v) is 4.13. The lowest BCUT2D eigenvalue weighted by atomic mass is 9.91. The van der Waals surface area contributed by atoms with Gasteiger partial charge in [0, 0.05) is 37.5 Å². The maximum absolute atomic E-state index is 11.4. The molecule has 0 aliphatic heterocycles. The van der Waals surface area contributed by atoms with Gasteiger partial charge in [0.2, 0.25) is 0 Å². The predicted molar refractivity (Wildman–Crippen MR) is 89.3 cm³/mol. The third kappa shape index (κ3) is 3.62. The van der Waals surface area contributed by atoms with Crippen molar-refractivity contribution in [2.75, 3.05) is 10.6 Å². The molecule has 2 heterocycles. The third-order valence-electron chi connectivity index (χ3n) is 4.13. The number of rotatable bonds is 5. The molecule has 5 N–H and O–H groups in total. The van der Waals surface area contributed by atoms with E-state index in [-0.39, 0.29) is 17.8 Å². The monoisotopic (exact) mass is 331 g/mol. The van der Waals surface area contributed by atoms with Crippen LogP contribution in [-0.2, 0) is 7.05 Å². The minimum Gasteiger partial charge on any atom is -0.476 e. The summed E-state index contributed by atoms with van der Waals surface area (Å²) < 4.78 is 1.62. The summed E-state index contributed by atoms with van der Waals surface area (Å²) in [5.74, 6) is -0.115. The second kappa shape index (κ2) is 6.83. The van der Waals surface area contributed by atoms with Crippen molar-refractivity contribution in [2.45, 2.75) is 37.8 Å². The molecule has 0 bridgehead atoms. The van der Waals surface area contributed by atoms with Crippen LogP contribution < -0.4 is 16.4 Å². The SMILES string of the molecule is Cn1ccc(Nc2cc(N[C@@H]3CCCC[C@@H]3N)nnc2C(=O)O)n1. The van der Waals surface area contributed by atoms with Gasteiger partial charge >= 0.3 is 5.97 Å². The van der Waals surface area contributed by atoms with Crippen LogP contribution in [0.2, 0.25) is 0 Å². The Bertz CT molecular complexity index is 730. The van der Waals surface area contributed by atoms with E-state index in [2.05, 4.69) is 25.9 Å². The van der Waals surface area contributed by atoms with Gasteiger partial charge < -0.3 is 21.5 Å². The molecule has 0 aromatic carbocycles. The molecule has 1 fully saturated rings. The van der Waals surface area contributed by atoms with E-state index in [1.54, 1.807) is 30.1 Å². The lowest BCUT2D eigenvalue weighted by molar-refractivity contribution is 0.0690. The van der Waals surface area contributed by atoms with Crippen molar-refractivity contribution in [3.8, 4) is 0 Å². The van der Waals surface area contributed by atoms with E-state index in [4.69, 9.17) is 5.73 Å². The Morgan fingerprint density at radius 2 is 2.12 bits per heavy atom. The molecule has 2 aromatic rings. The summed E-state index contributed by atoms with van der Waals surface area (Å²) >= 11 is 0. The van der Waals surface area contributed by atoms with Crippen LogP contribution in [0.25, 0.3) is 0 Å². The molecule has 0 unspecified atom stereocenters. The number of anilines is 3. The molecule has 2 atom stereocenters. The van der Waals surface area contributed by atoms with E-state index in [1.807, 2.05) is 0 Å². The number of nitrogens with one attached hydrogen (secondary N) is 2. The Labute approximate surface area is 139 Å². The van der Waals surface area contributed by atoms with E-state index in [0.29, 0.717) is 17.3 Å². The predicted octanol–water partition coefficient (Wildman–Crippen LogP) is 1.33. The number of aromatic nitrogens is 4. The van der Waals surface area contributed by atoms with Crippen molar-refractivity contribution in [2.24, 2.45) is 12.8 Å². The minimum atomic E-state index is -1.15. The van der Waals surface area contributed by atoms with Gasteiger partial charge in [-0.2, -0.15) is 5.10 Å². The van der Waals surface area contributed by atoms with Gasteiger partial charge in [-0.05, 0) is 12.8 Å². The van der Waals surface area contributed by atoms with Gasteiger partial charge in [0.1, 0.15) is 0 Å². The number of aryl methyl sites for hydroxylation is 1. The highest BCUT2D eigenvalue weighted by atomic mass is 16.4. The molecule has 1 aliphatic rings. The van der Waals surface area contributed by atoms with E-state index in [1.165, 1.54) is 0 Å². The van der Waals surface area contributed by atoms with E-state index >= 15 is 0 Å². The summed E-state index contributed by atoms with van der Waals surface area (Å²) in [5.41, 5.74) is 6.32. The van der Waals surface area contributed by atoms with Crippen LogP contribution in [0.5, 0.6) is 0 Å². The largest absolute Gasteiger partial charge is 0.476 e. The number of carbonyl (C=O) groups is 1. The molecule has 0 amide bonds. The molecule has 9 nitrogen and oxygen atoms in total. The van der Waals surface area contributed by atoms with E-state index in [0.717, 1.165) is 25.7 Å². The van der Waals surface area contributed by atoms with Crippen LogP contribution >= 0.6 is 0 Å². The molecule has 0 spiro atoms. The van der Waals surface area contributed by atoms with Crippen LogP contribution in [0.1, 0.15) is 36.2 Å². The van der Waals surface area contributed by atoms with Crippen molar-refractivity contribution < 1.29 is 9.90 Å². The molecule has 0 radical (unpaired) electrons. The van der Waals surface area contributed by atoms with Crippen LogP contribution in [0.4, 0.5) is 17.3 Å². The smallest absolute Gasteiger partial charge is 0.358 e. The number of nitrogens with zero attached hydrogens (tertiary/aromatic N) is 4. The zero-order valence-corrected chi connectivity index (χ0v) is 13.4. The van der Waals surface area contributed by atoms with Gasteiger partial charge in [-0.25, -0.2) is 4.79 Å². The van der Waals surface area contributed by atoms with Gasteiger partial charge in [0.25, 0.3) is 0 Å². The highest BCUT2D eigenvalue weighted by Crippen LogP contribution is 2.24. The van der Waals surface area contributed by atoms with E-state index in [9.17, 15) is 9.90 Å². The van der Waals surface area contributed by atoms with Crippen LogP contribution in [0.3, 0.4) is 0 Å². The summed E-state index contributed by atoms with van der Waals surface area (Å²) in [5, 5.41) is 27.5. The number of hydrogen-bond donors (Lipinski definition) is 4. The average molecular weight is 331 g/mol. The molecule has 1 aliphatic carbocycles. The maximum atomic E-state index is 11.4. The zero-order chi connectivity index (χ0) is 17.1. The summed E-state index contributed by atoms with van der Waals surface area (Å²) in [7, 11) is 1.78. The standard InChI is InChI=1S/C15H21N7O2/c1-22-7-6-12(21-22)18-11-8-13(19-20-14(11)15(23)24)17-10-5-3-2-4-9(10)16/h6-10H,2-5,16H2,1H3,(H,23,24)(H2,17,18,19,21)/t9-,10+/m0/s1. The first-order valence-corrected chi connectivity index (χ1v) is 7.93. The molecule has 1 saturated carbocycles. The Hall–Kier alpha value is -2.68. The number of aromatic carboxylic acids is 1. The van der Waals surface area contributed by atoms with Crippen molar-refractivity contribution in [3.63, 3.8) is 0 Å². The second-order valence-electron chi connectivity index (χ2n) is 6.00. The number of nitrogens with two attached hydrogens (primary N) is 1. The van der Waals surface area contributed by atoms with Crippen LogP contribution in [0, 0.1) is 0 Å². The maximum Gasteiger partial charge on any atom is 0.358 e. The van der Waals surface area contributed by atoms with Gasteiger partial charge in [0.05, 0.1) is 5.69 Å². The first kappa shape index (κ1) is 16.2. The Morgan fingerprint density at radius 1 is 1.33 bits per heavy atom. The first-order chi connectivity index (χ1) is 11.5. The molecule has 0 saturated heterocycles. The Balaban J connectivity index is 1.83. The molecule has 9 heteroatoms. The number of carboxylic acid groups (broad SMARTS) is 1. The van der Waals surface area contributed by atoms with Crippen LogP contribution in [-0.4, -0.2) is 43.1 Å². The lowest BCUT2D eigenvalue weighted by Crippen LogP contribution is -2.42. The van der Waals surface area contributed by atoms with Crippen molar-refractivity contribution in [1.29, 1.82) is 0 Å². The summed E-state index contributed by atoms with van der Waals surface area (Å²) in [6.07, 6.45) is 5.95. The fourth-order valence-corrected chi connectivity index (χ4v) is 2.86. The fraction of sp³-hybridized carbons (Fsp3) is 0.467. The van der Waals surface area contributed by atoms with Gasteiger partial charge in [0.15, 0.2) is 17.3 Å². The average Bonchev–Trinajstić information content (AvgIpc) is 2.94.